The molecule has 3 heterocycles. The number of amides is 3. The predicted octanol–water partition coefficient (Wildman–Crippen LogP) is 2.55. The number of nitrogens with one attached hydrogen (secondary N) is 1. The van der Waals surface area contributed by atoms with Crippen molar-refractivity contribution in [2.75, 3.05) is 0 Å². The van der Waals surface area contributed by atoms with Crippen molar-refractivity contribution in [3.05, 3.63) is 22.7 Å². The Morgan fingerprint density at radius 2 is 2.13 bits per heavy atom. The van der Waals surface area contributed by atoms with Gasteiger partial charge in [-0.15, -0.1) is 0 Å². The summed E-state index contributed by atoms with van der Waals surface area (Å²) in [4.78, 5) is 30.4. The Kier molecular flexibility index (Phi) is 3.41. The number of thiophene rings is 1. The van der Waals surface area contributed by atoms with E-state index in [0.717, 1.165) is 24.8 Å². The fraction of sp³-hybridized carbons (Fsp3) is 0.467. The number of nitrogens with zero attached hydrogens (tertiary/aromatic N) is 3. The summed E-state index contributed by atoms with van der Waals surface area (Å²) in [6.07, 6.45) is 4.44. The normalized spacial score (nSPS) is 20.3. The molecule has 2 aliphatic rings. The molecule has 2 aromatic rings. The van der Waals surface area contributed by atoms with E-state index in [-0.39, 0.29) is 24.4 Å². The molecule has 4 rings (SSSR count). The first-order chi connectivity index (χ1) is 11.2. The van der Waals surface area contributed by atoms with E-state index < -0.39 is 5.54 Å². The third-order valence-corrected chi connectivity index (χ3v) is 5.18. The molecule has 3 amide bonds. The summed E-state index contributed by atoms with van der Waals surface area (Å²) in [5, 5.41) is 10.6. The summed E-state index contributed by atoms with van der Waals surface area (Å²) >= 11 is 1.54. The molecular weight excluding hydrogens is 316 g/mol. The van der Waals surface area contributed by atoms with Crippen LogP contribution in [0.15, 0.2) is 21.3 Å². The molecule has 1 aliphatic heterocycles. The lowest BCUT2D eigenvalue weighted by Gasteiger charge is -2.30. The number of rotatable bonds is 3. The zero-order valence-electron chi connectivity index (χ0n) is 12.4. The Morgan fingerprint density at radius 3 is 2.87 bits per heavy atom. The van der Waals surface area contributed by atoms with E-state index in [0.29, 0.717) is 18.7 Å². The molecule has 1 saturated carbocycles. The quantitative estimate of drug-likeness (QED) is 0.873. The lowest BCUT2D eigenvalue weighted by Crippen LogP contribution is -2.48. The van der Waals surface area contributed by atoms with Gasteiger partial charge in [0, 0.05) is 10.9 Å². The Hall–Kier alpha value is -2.22. The van der Waals surface area contributed by atoms with Crippen molar-refractivity contribution in [3.63, 3.8) is 0 Å². The molecule has 120 valence electrons. The molecule has 0 bridgehead atoms. The van der Waals surface area contributed by atoms with E-state index in [4.69, 9.17) is 4.52 Å². The molecule has 1 N–H and O–H groups in total. The largest absolute Gasteiger partial charge is 0.337 e. The van der Waals surface area contributed by atoms with Crippen LogP contribution in [-0.2, 0) is 11.3 Å². The van der Waals surface area contributed by atoms with Crippen molar-refractivity contribution in [2.45, 2.75) is 44.2 Å². The van der Waals surface area contributed by atoms with Crippen molar-refractivity contribution in [2.24, 2.45) is 0 Å². The minimum absolute atomic E-state index is 0.0174. The highest BCUT2D eigenvalue weighted by molar-refractivity contribution is 7.08. The first-order valence-corrected chi connectivity index (χ1v) is 8.61. The number of hydrogen-bond acceptors (Lipinski definition) is 6. The zero-order valence-corrected chi connectivity index (χ0v) is 13.3. The second kappa shape index (κ2) is 5.45. The van der Waals surface area contributed by atoms with Crippen molar-refractivity contribution >= 4 is 23.3 Å². The number of hydrogen-bond donors (Lipinski definition) is 1. The molecule has 0 atom stereocenters. The SMILES string of the molecule is O=C1NC2(CCCCC2)C(=O)N1Cc1nc(-c2ccsc2)no1. The van der Waals surface area contributed by atoms with E-state index in [2.05, 4.69) is 15.5 Å². The maximum absolute atomic E-state index is 12.7. The van der Waals surface area contributed by atoms with E-state index >= 15 is 0 Å². The summed E-state index contributed by atoms with van der Waals surface area (Å²) in [7, 11) is 0. The lowest BCUT2D eigenvalue weighted by atomic mass is 9.82. The molecule has 1 saturated heterocycles. The van der Waals surface area contributed by atoms with Crippen LogP contribution in [-0.4, -0.2) is 32.5 Å². The van der Waals surface area contributed by atoms with Crippen molar-refractivity contribution < 1.29 is 14.1 Å². The Bertz CT molecular complexity index is 734. The lowest BCUT2D eigenvalue weighted by molar-refractivity contribution is -0.133. The summed E-state index contributed by atoms with van der Waals surface area (Å²) in [5.41, 5.74) is 0.150. The van der Waals surface area contributed by atoms with Crippen molar-refractivity contribution in [1.29, 1.82) is 0 Å². The van der Waals surface area contributed by atoms with Crippen molar-refractivity contribution in [1.82, 2.24) is 20.4 Å². The topological polar surface area (TPSA) is 88.3 Å². The maximum atomic E-state index is 12.7. The standard InChI is InChI=1S/C15H16N4O3S/c20-13-15(5-2-1-3-6-15)17-14(21)19(13)8-11-16-12(18-22-11)10-4-7-23-9-10/h4,7,9H,1-3,5-6,8H2,(H,17,21). The molecule has 2 fully saturated rings. The third-order valence-electron chi connectivity index (χ3n) is 4.49. The van der Waals surface area contributed by atoms with Crippen LogP contribution in [0.2, 0.25) is 0 Å². The van der Waals surface area contributed by atoms with Gasteiger partial charge in [-0.2, -0.15) is 16.3 Å². The Labute approximate surface area is 136 Å². The molecule has 0 unspecified atom stereocenters. The van der Waals surface area contributed by atoms with Gasteiger partial charge in [-0.1, -0.05) is 24.4 Å². The van der Waals surface area contributed by atoms with Crippen LogP contribution in [0, 0.1) is 0 Å². The average Bonchev–Trinajstić information content (AvgIpc) is 3.27. The van der Waals surface area contributed by atoms with Crippen LogP contribution in [0.4, 0.5) is 4.79 Å². The van der Waals surface area contributed by atoms with Crippen molar-refractivity contribution in [3.8, 4) is 11.4 Å². The molecular formula is C15H16N4O3S. The minimum Gasteiger partial charge on any atom is -0.337 e. The summed E-state index contributed by atoms with van der Waals surface area (Å²) < 4.78 is 5.19. The van der Waals surface area contributed by atoms with Crippen LogP contribution < -0.4 is 5.32 Å². The van der Waals surface area contributed by atoms with Gasteiger partial charge in [-0.3, -0.25) is 9.69 Å². The number of urea groups is 1. The van der Waals surface area contributed by atoms with Gasteiger partial charge in [0.15, 0.2) is 0 Å². The van der Waals surface area contributed by atoms with Gasteiger partial charge in [-0.05, 0) is 24.3 Å². The van der Waals surface area contributed by atoms with E-state index in [1.165, 1.54) is 4.90 Å². The fourth-order valence-corrected chi connectivity index (χ4v) is 3.91. The highest BCUT2D eigenvalue weighted by Gasteiger charge is 2.51. The van der Waals surface area contributed by atoms with Crippen LogP contribution >= 0.6 is 11.3 Å². The molecule has 0 radical (unpaired) electrons. The number of aromatic nitrogens is 2. The van der Waals surface area contributed by atoms with Crippen LogP contribution in [0.25, 0.3) is 11.4 Å². The highest BCUT2D eigenvalue weighted by atomic mass is 32.1. The van der Waals surface area contributed by atoms with E-state index in [9.17, 15) is 9.59 Å². The highest BCUT2D eigenvalue weighted by Crippen LogP contribution is 2.34. The Morgan fingerprint density at radius 1 is 1.30 bits per heavy atom. The average molecular weight is 332 g/mol. The molecule has 2 aromatic heterocycles. The second-order valence-corrected chi connectivity index (χ2v) is 6.77. The zero-order chi connectivity index (χ0) is 15.9. The Balaban J connectivity index is 1.52. The molecule has 1 aliphatic carbocycles. The smallest absolute Gasteiger partial charge is 0.325 e. The molecule has 0 aromatic carbocycles. The number of carbonyl (C=O) groups excluding carboxylic acids is 2. The van der Waals surface area contributed by atoms with Gasteiger partial charge in [0.2, 0.25) is 11.7 Å². The molecule has 1 spiro atoms. The molecule has 8 heteroatoms. The van der Waals surface area contributed by atoms with Crippen LogP contribution in [0.1, 0.15) is 38.0 Å². The first-order valence-electron chi connectivity index (χ1n) is 7.67. The maximum Gasteiger partial charge on any atom is 0.325 e. The first kappa shape index (κ1) is 14.4. The van der Waals surface area contributed by atoms with Gasteiger partial charge in [-0.25, -0.2) is 4.79 Å². The summed E-state index contributed by atoms with van der Waals surface area (Å²) in [6, 6.07) is 1.52. The fourth-order valence-electron chi connectivity index (χ4n) is 3.28. The third kappa shape index (κ3) is 2.42. The summed E-state index contributed by atoms with van der Waals surface area (Å²) in [5.74, 6) is 0.570. The molecule has 23 heavy (non-hydrogen) atoms. The van der Waals surface area contributed by atoms with E-state index in [1.54, 1.807) is 11.3 Å². The van der Waals surface area contributed by atoms with E-state index in [1.807, 2.05) is 16.8 Å². The molecule has 7 nitrogen and oxygen atoms in total. The van der Waals surface area contributed by atoms with Gasteiger partial charge in [0.25, 0.3) is 5.91 Å². The van der Waals surface area contributed by atoms with Crippen LogP contribution in [0.3, 0.4) is 0 Å². The van der Waals surface area contributed by atoms with Crippen LogP contribution in [0.5, 0.6) is 0 Å². The summed E-state index contributed by atoms with van der Waals surface area (Å²) in [6.45, 7) is 0.0174. The van der Waals surface area contributed by atoms with Gasteiger partial charge >= 0.3 is 6.03 Å². The minimum atomic E-state index is -0.717. The monoisotopic (exact) mass is 332 g/mol. The van der Waals surface area contributed by atoms with Gasteiger partial charge < -0.3 is 9.84 Å². The number of carbonyl (C=O) groups is 2. The second-order valence-electron chi connectivity index (χ2n) is 5.99. The van der Waals surface area contributed by atoms with Gasteiger partial charge in [0.1, 0.15) is 12.1 Å². The van der Waals surface area contributed by atoms with Gasteiger partial charge in [0.05, 0.1) is 0 Å². The number of imide groups is 1. The predicted molar refractivity (Wildman–Crippen MR) is 82.5 cm³/mol.